The molecule has 1 rings (SSSR count). The number of rotatable bonds is 2. The van der Waals surface area contributed by atoms with E-state index in [9.17, 15) is 9.90 Å². The van der Waals surface area contributed by atoms with Gasteiger partial charge in [0.15, 0.2) is 0 Å². The van der Waals surface area contributed by atoms with E-state index >= 15 is 0 Å². The molecular formula is C11H11NO3. The first-order valence-corrected chi connectivity index (χ1v) is 4.51. The van der Waals surface area contributed by atoms with Crippen LogP contribution in [-0.2, 0) is 4.74 Å². The third-order valence-corrected chi connectivity index (χ3v) is 1.96. The molecule has 0 aliphatic rings. The molecule has 0 atom stereocenters. The van der Waals surface area contributed by atoms with Gasteiger partial charge in [-0.25, -0.2) is 4.79 Å². The molecule has 0 bridgehead atoms. The van der Waals surface area contributed by atoms with E-state index in [0.717, 1.165) is 0 Å². The predicted molar refractivity (Wildman–Crippen MR) is 53.5 cm³/mol. The molecule has 0 saturated heterocycles. The second kappa shape index (κ2) is 4.47. The van der Waals surface area contributed by atoms with Crippen molar-refractivity contribution in [2.75, 3.05) is 6.61 Å². The van der Waals surface area contributed by atoms with E-state index in [1.165, 1.54) is 12.1 Å². The van der Waals surface area contributed by atoms with Crippen LogP contribution in [0.25, 0.3) is 0 Å². The number of esters is 1. The molecule has 0 unspecified atom stereocenters. The second-order valence-corrected chi connectivity index (χ2v) is 3.02. The SMILES string of the molecule is CCOC(=O)c1cc(C#N)c(C)cc1O. The zero-order valence-electron chi connectivity index (χ0n) is 8.57. The Morgan fingerprint density at radius 2 is 2.27 bits per heavy atom. The quantitative estimate of drug-likeness (QED) is 0.746. The summed E-state index contributed by atoms with van der Waals surface area (Å²) in [6.07, 6.45) is 0. The summed E-state index contributed by atoms with van der Waals surface area (Å²) in [5, 5.41) is 18.3. The number of carbonyl (C=O) groups is 1. The highest BCUT2D eigenvalue weighted by Gasteiger charge is 2.14. The van der Waals surface area contributed by atoms with Crippen LogP contribution in [0.3, 0.4) is 0 Å². The average molecular weight is 205 g/mol. The molecule has 1 N–H and O–H groups in total. The van der Waals surface area contributed by atoms with Gasteiger partial charge >= 0.3 is 5.97 Å². The smallest absolute Gasteiger partial charge is 0.341 e. The summed E-state index contributed by atoms with van der Waals surface area (Å²) < 4.78 is 4.74. The lowest BCUT2D eigenvalue weighted by Crippen LogP contribution is -2.05. The van der Waals surface area contributed by atoms with Crippen molar-refractivity contribution >= 4 is 5.97 Å². The molecule has 0 fully saturated rings. The summed E-state index contributed by atoms with van der Waals surface area (Å²) in [7, 11) is 0. The first-order chi connectivity index (χ1) is 7.10. The van der Waals surface area contributed by atoms with Gasteiger partial charge in [0.1, 0.15) is 11.3 Å². The molecular weight excluding hydrogens is 194 g/mol. The van der Waals surface area contributed by atoms with Gasteiger partial charge in [-0.2, -0.15) is 5.26 Å². The maximum absolute atomic E-state index is 11.4. The number of benzene rings is 1. The van der Waals surface area contributed by atoms with Crippen LogP contribution < -0.4 is 0 Å². The van der Waals surface area contributed by atoms with Crippen molar-refractivity contribution in [3.05, 3.63) is 28.8 Å². The molecule has 1 aromatic carbocycles. The Balaban J connectivity index is 3.20. The van der Waals surface area contributed by atoms with Crippen LogP contribution in [0.5, 0.6) is 5.75 Å². The number of hydrogen-bond donors (Lipinski definition) is 1. The van der Waals surface area contributed by atoms with Gasteiger partial charge in [-0.05, 0) is 31.5 Å². The van der Waals surface area contributed by atoms with E-state index in [1.807, 2.05) is 6.07 Å². The van der Waals surface area contributed by atoms with Crippen molar-refractivity contribution < 1.29 is 14.6 Å². The van der Waals surface area contributed by atoms with E-state index in [0.29, 0.717) is 11.1 Å². The summed E-state index contributed by atoms with van der Waals surface area (Å²) in [6, 6.07) is 4.66. The van der Waals surface area contributed by atoms with Gasteiger partial charge in [-0.15, -0.1) is 0 Å². The number of ether oxygens (including phenoxy) is 1. The van der Waals surface area contributed by atoms with Crippen LogP contribution in [-0.4, -0.2) is 17.7 Å². The van der Waals surface area contributed by atoms with Crippen molar-refractivity contribution in [1.29, 1.82) is 5.26 Å². The first-order valence-electron chi connectivity index (χ1n) is 4.51. The second-order valence-electron chi connectivity index (χ2n) is 3.02. The van der Waals surface area contributed by atoms with Gasteiger partial charge < -0.3 is 9.84 Å². The maximum atomic E-state index is 11.4. The van der Waals surface area contributed by atoms with Gasteiger partial charge in [0.2, 0.25) is 0 Å². The third-order valence-electron chi connectivity index (χ3n) is 1.96. The molecule has 0 heterocycles. The number of aryl methyl sites for hydroxylation is 1. The fourth-order valence-electron chi connectivity index (χ4n) is 1.19. The van der Waals surface area contributed by atoms with Crippen molar-refractivity contribution in [2.45, 2.75) is 13.8 Å². The van der Waals surface area contributed by atoms with Crippen LogP contribution in [0.4, 0.5) is 0 Å². The fourth-order valence-corrected chi connectivity index (χ4v) is 1.19. The Kier molecular flexibility index (Phi) is 3.29. The summed E-state index contributed by atoms with van der Waals surface area (Å²) in [4.78, 5) is 11.4. The van der Waals surface area contributed by atoms with Gasteiger partial charge in [0.25, 0.3) is 0 Å². The fraction of sp³-hybridized carbons (Fsp3) is 0.273. The van der Waals surface area contributed by atoms with Gasteiger partial charge in [0, 0.05) is 0 Å². The highest BCUT2D eigenvalue weighted by Crippen LogP contribution is 2.22. The molecule has 1 aromatic rings. The highest BCUT2D eigenvalue weighted by molar-refractivity contribution is 5.93. The number of phenolic OH excluding ortho intramolecular Hbond substituents is 1. The lowest BCUT2D eigenvalue weighted by atomic mass is 10.0. The number of nitrogens with zero attached hydrogens (tertiary/aromatic N) is 1. The molecule has 0 aliphatic heterocycles. The summed E-state index contributed by atoms with van der Waals surface area (Å²) in [6.45, 7) is 3.59. The van der Waals surface area contributed by atoms with Gasteiger partial charge in [-0.1, -0.05) is 0 Å². The Bertz CT molecular complexity index is 432. The third kappa shape index (κ3) is 2.26. The molecule has 0 aliphatic carbocycles. The van der Waals surface area contributed by atoms with E-state index in [4.69, 9.17) is 10.00 Å². The minimum absolute atomic E-state index is 0.0269. The normalized spacial score (nSPS) is 9.40. The zero-order valence-corrected chi connectivity index (χ0v) is 8.57. The van der Waals surface area contributed by atoms with Crippen LogP contribution in [0, 0.1) is 18.3 Å². The summed E-state index contributed by atoms with van der Waals surface area (Å²) >= 11 is 0. The number of hydrogen-bond acceptors (Lipinski definition) is 4. The van der Waals surface area contributed by atoms with Crippen molar-refractivity contribution in [3.63, 3.8) is 0 Å². The zero-order chi connectivity index (χ0) is 11.4. The van der Waals surface area contributed by atoms with E-state index < -0.39 is 5.97 Å². The standard InChI is InChI=1S/C11H11NO3/c1-3-15-11(14)9-5-8(6-12)7(2)4-10(9)13/h4-5,13H,3H2,1-2H3. The van der Waals surface area contributed by atoms with Crippen LogP contribution >= 0.6 is 0 Å². The molecule has 0 radical (unpaired) electrons. The van der Waals surface area contributed by atoms with E-state index in [1.54, 1.807) is 13.8 Å². The monoisotopic (exact) mass is 205 g/mol. The molecule has 0 spiro atoms. The lowest BCUT2D eigenvalue weighted by Gasteiger charge is -2.06. The predicted octanol–water partition coefficient (Wildman–Crippen LogP) is 1.75. The van der Waals surface area contributed by atoms with Gasteiger partial charge in [-0.3, -0.25) is 0 Å². The largest absolute Gasteiger partial charge is 0.507 e. The Morgan fingerprint density at radius 1 is 1.60 bits per heavy atom. The molecule has 0 amide bonds. The van der Waals surface area contributed by atoms with Crippen LogP contribution in [0.2, 0.25) is 0 Å². The lowest BCUT2D eigenvalue weighted by molar-refractivity contribution is 0.0523. The van der Waals surface area contributed by atoms with Crippen molar-refractivity contribution in [2.24, 2.45) is 0 Å². The number of nitriles is 1. The van der Waals surface area contributed by atoms with Crippen LogP contribution in [0.15, 0.2) is 12.1 Å². The summed E-state index contributed by atoms with van der Waals surface area (Å²) in [5.74, 6) is -0.781. The summed E-state index contributed by atoms with van der Waals surface area (Å²) in [5.41, 5.74) is 1.01. The first kappa shape index (κ1) is 11.1. The molecule has 4 heteroatoms. The Morgan fingerprint density at radius 3 is 2.80 bits per heavy atom. The average Bonchev–Trinajstić information content (AvgIpc) is 2.18. The van der Waals surface area contributed by atoms with E-state index in [-0.39, 0.29) is 17.9 Å². The minimum atomic E-state index is -0.619. The topological polar surface area (TPSA) is 70.3 Å². The van der Waals surface area contributed by atoms with Crippen molar-refractivity contribution in [1.82, 2.24) is 0 Å². The number of carbonyl (C=O) groups excluding carboxylic acids is 1. The minimum Gasteiger partial charge on any atom is -0.507 e. The molecule has 4 nitrogen and oxygen atoms in total. The molecule has 0 aromatic heterocycles. The van der Waals surface area contributed by atoms with Gasteiger partial charge in [0.05, 0.1) is 18.2 Å². The molecule has 78 valence electrons. The Hall–Kier alpha value is -2.02. The van der Waals surface area contributed by atoms with E-state index in [2.05, 4.69) is 0 Å². The van der Waals surface area contributed by atoms with Crippen LogP contribution in [0.1, 0.15) is 28.4 Å². The maximum Gasteiger partial charge on any atom is 0.341 e. The molecule has 15 heavy (non-hydrogen) atoms. The van der Waals surface area contributed by atoms with Crippen molar-refractivity contribution in [3.8, 4) is 11.8 Å². The Labute approximate surface area is 87.7 Å². The number of phenols is 1. The molecule has 0 saturated carbocycles. The highest BCUT2D eigenvalue weighted by atomic mass is 16.5. The number of aromatic hydroxyl groups is 1.